The number of aromatic amines is 1. The summed E-state index contributed by atoms with van der Waals surface area (Å²) in [7, 11) is 0. The third-order valence-electron chi connectivity index (χ3n) is 5.75. The van der Waals surface area contributed by atoms with E-state index in [1.165, 1.54) is 6.92 Å². The highest BCUT2D eigenvalue weighted by atomic mass is 16.4. The molecule has 0 radical (unpaired) electrons. The molecule has 0 aliphatic heterocycles. The number of carbonyl (C=O) groups is 6. The number of benzene rings is 1. The number of carbonyl (C=O) groups excluding carboxylic acids is 3. The standard InChI is InChI=1S/C24H31N5O9/c1-12(21(34)29-18(24(37)38)10-13-11-26-16-5-3-2-4-14(13)16)27-23(36)17(7-9-20(32)33)28-22(35)15(25)6-8-19(30)31/h2-5,11-12,15,17-18,26H,6-10,25H2,1H3,(H,27,36)(H,28,35)(H,29,34)(H,30,31)(H,32,33)(H,37,38). The molecule has 0 aliphatic rings. The summed E-state index contributed by atoms with van der Waals surface area (Å²) < 4.78 is 0. The van der Waals surface area contributed by atoms with Gasteiger partial charge in [-0.1, -0.05) is 18.2 Å². The summed E-state index contributed by atoms with van der Waals surface area (Å²) in [6.07, 6.45) is 0.202. The fourth-order valence-electron chi connectivity index (χ4n) is 3.62. The summed E-state index contributed by atoms with van der Waals surface area (Å²) in [4.78, 5) is 74.3. The summed E-state index contributed by atoms with van der Waals surface area (Å²) in [6, 6.07) is 2.06. The third kappa shape index (κ3) is 8.89. The van der Waals surface area contributed by atoms with Crippen molar-refractivity contribution in [2.45, 2.75) is 63.2 Å². The maximum atomic E-state index is 12.8. The molecule has 0 saturated carbocycles. The number of aliphatic carboxylic acids is 3. The monoisotopic (exact) mass is 533 g/mol. The van der Waals surface area contributed by atoms with Crippen molar-refractivity contribution in [1.82, 2.24) is 20.9 Å². The minimum absolute atomic E-state index is 0.0305. The highest BCUT2D eigenvalue weighted by Gasteiger charge is 2.29. The summed E-state index contributed by atoms with van der Waals surface area (Å²) >= 11 is 0. The highest BCUT2D eigenvalue weighted by Crippen LogP contribution is 2.19. The van der Waals surface area contributed by atoms with Gasteiger partial charge in [0.1, 0.15) is 18.1 Å². The fourth-order valence-corrected chi connectivity index (χ4v) is 3.62. The van der Waals surface area contributed by atoms with Gasteiger partial charge in [-0.2, -0.15) is 0 Å². The van der Waals surface area contributed by atoms with E-state index in [-0.39, 0.29) is 25.7 Å². The second kappa shape index (κ2) is 13.7. The Hall–Kier alpha value is -4.46. The molecule has 3 amide bonds. The predicted octanol–water partition coefficient (Wildman–Crippen LogP) is -0.674. The van der Waals surface area contributed by atoms with E-state index in [1.54, 1.807) is 12.3 Å². The second-order valence-corrected chi connectivity index (χ2v) is 8.73. The molecule has 4 atom stereocenters. The van der Waals surface area contributed by atoms with E-state index >= 15 is 0 Å². The van der Waals surface area contributed by atoms with Crippen molar-refractivity contribution in [1.29, 1.82) is 0 Å². The first kappa shape index (κ1) is 29.8. The van der Waals surface area contributed by atoms with Crippen molar-refractivity contribution >= 4 is 46.5 Å². The van der Waals surface area contributed by atoms with E-state index < -0.39 is 66.2 Å². The van der Waals surface area contributed by atoms with Crippen LogP contribution >= 0.6 is 0 Å². The number of H-pyrrole nitrogens is 1. The number of nitrogens with one attached hydrogen (secondary N) is 4. The Balaban J connectivity index is 2.03. The van der Waals surface area contributed by atoms with Crippen LogP contribution in [0.4, 0.5) is 0 Å². The molecule has 0 saturated heterocycles. The lowest BCUT2D eigenvalue weighted by molar-refractivity contribution is -0.142. The molecule has 9 N–H and O–H groups in total. The Kier molecular flexibility index (Phi) is 10.8. The summed E-state index contributed by atoms with van der Waals surface area (Å²) in [5.41, 5.74) is 7.12. The number of rotatable bonds is 15. The molecule has 0 spiro atoms. The summed E-state index contributed by atoms with van der Waals surface area (Å²) in [5, 5.41) is 35.1. The molecule has 0 aliphatic carbocycles. The van der Waals surface area contributed by atoms with Gasteiger partial charge < -0.3 is 42.0 Å². The summed E-state index contributed by atoms with van der Waals surface area (Å²) in [6.45, 7) is 1.30. The average molecular weight is 534 g/mol. The largest absolute Gasteiger partial charge is 0.481 e. The normalized spacial score (nSPS) is 14.1. The van der Waals surface area contributed by atoms with Crippen molar-refractivity contribution < 1.29 is 44.1 Å². The molecular weight excluding hydrogens is 502 g/mol. The lowest BCUT2D eigenvalue weighted by Crippen LogP contribution is -2.56. The molecule has 38 heavy (non-hydrogen) atoms. The Labute approximate surface area is 217 Å². The number of hydrogen-bond donors (Lipinski definition) is 8. The van der Waals surface area contributed by atoms with Gasteiger partial charge in [-0.15, -0.1) is 0 Å². The Bertz CT molecular complexity index is 1190. The van der Waals surface area contributed by atoms with Crippen LogP contribution in [0, 0.1) is 0 Å². The smallest absolute Gasteiger partial charge is 0.326 e. The molecular formula is C24H31N5O9. The Morgan fingerprint density at radius 1 is 0.842 bits per heavy atom. The lowest BCUT2D eigenvalue weighted by atomic mass is 10.0. The van der Waals surface area contributed by atoms with Gasteiger partial charge in [0, 0.05) is 36.4 Å². The SMILES string of the molecule is CC(NC(=O)C(CCC(=O)O)NC(=O)C(N)CCC(=O)O)C(=O)NC(Cc1c[nH]c2ccccc12)C(=O)O. The first-order chi connectivity index (χ1) is 17.9. The van der Waals surface area contributed by atoms with E-state index in [0.717, 1.165) is 10.9 Å². The molecule has 1 aromatic carbocycles. The molecule has 0 fully saturated rings. The van der Waals surface area contributed by atoms with Gasteiger partial charge >= 0.3 is 17.9 Å². The van der Waals surface area contributed by atoms with Gasteiger partial charge in [0.25, 0.3) is 0 Å². The van der Waals surface area contributed by atoms with E-state index in [0.29, 0.717) is 5.56 Å². The highest BCUT2D eigenvalue weighted by molar-refractivity contribution is 5.94. The van der Waals surface area contributed by atoms with Crippen molar-refractivity contribution in [3.05, 3.63) is 36.0 Å². The number of nitrogens with two attached hydrogens (primary N) is 1. The maximum absolute atomic E-state index is 12.8. The topological polar surface area (TPSA) is 241 Å². The molecule has 1 aromatic heterocycles. The quantitative estimate of drug-likeness (QED) is 0.143. The van der Waals surface area contributed by atoms with Crippen molar-refractivity contribution in [3.8, 4) is 0 Å². The number of amides is 3. The average Bonchev–Trinajstić information content (AvgIpc) is 3.26. The molecule has 206 valence electrons. The predicted molar refractivity (Wildman–Crippen MR) is 133 cm³/mol. The van der Waals surface area contributed by atoms with Gasteiger partial charge in [0.2, 0.25) is 17.7 Å². The summed E-state index contributed by atoms with van der Waals surface area (Å²) in [5.74, 6) is -6.26. The first-order valence-corrected chi connectivity index (χ1v) is 11.8. The van der Waals surface area contributed by atoms with Gasteiger partial charge in [-0.3, -0.25) is 24.0 Å². The number of para-hydroxylation sites is 1. The molecule has 0 bridgehead atoms. The molecule has 2 aromatic rings. The number of carboxylic acid groups (broad SMARTS) is 3. The third-order valence-corrected chi connectivity index (χ3v) is 5.75. The number of fused-ring (bicyclic) bond motifs is 1. The minimum atomic E-state index is -1.38. The van der Waals surface area contributed by atoms with Crippen LogP contribution in [0.25, 0.3) is 10.9 Å². The maximum Gasteiger partial charge on any atom is 0.326 e. The van der Waals surface area contributed by atoms with E-state index in [4.69, 9.17) is 15.9 Å². The molecule has 2 rings (SSSR count). The van der Waals surface area contributed by atoms with E-state index in [9.17, 15) is 33.9 Å². The van der Waals surface area contributed by atoms with Crippen LogP contribution in [-0.4, -0.2) is 80.1 Å². The zero-order valence-electron chi connectivity index (χ0n) is 20.6. The van der Waals surface area contributed by atoms with Gasteiger partial charge in [-0.25, -0.2) is 4.79 Å². The van der Waals surface area contributed by atoms with Gasteiger partial charge in [-0.05, 0) is 31.4 Å². The number of hydrogen-bond acceptors (Lipinski definition) is 7. The van der Waals surface area contributed by atoms with Crippen LogP contribution in [0.15, 0.2) is 30.5 Å². The van der Waals surface area contributed by atoms with Crippen LogP contribution in [-0.2, 0) is 35.2 Å². The molecule has 14 nitrogen and oxygen atoms in total. The minimum Gasteiger partial charge on any atom is -0.481 e. The van der Waals surface area contributed by atoms with Gasteiger partial charge in [0.15, 0.2) is 0 Å². The molecule has 1 heterocycles. The van der Waals surface area contributed by atoms with Crippen LogP contribution in [0.1, 0.15) is 38.2 Å². The van der Waals surface area contributed by atoms with Crippen LogP contribution in [0.2, 0.25) is 0 Å². The van der Waals surface area contributed by atoms with Crippen LogP contribution in [0.3, 0.4) is 0 Å². The Morgan fingerprint density at radius 2 is 1.45 bits per heavy atom. The van der Waals surface area contributed by atoms with Crippen molar-refractivity contribution in [2.75, 3.05) is 0 Å². The van der Waals surface area contributed by atoms with Crippen LogP contribution in [0.5, 0.6) is 0 Å². The molecule has 14 heteroatoms. The Morgan fingerprint density at radius 3 is 2.08 bits per heavy atom. The zero-order chi connectivity index (χ0) is 28.4. The first-order valence-electron chi connectivity index (χ1n) is 11.8. The lowest BCUT2D eigenvalue weighted by Gasteiger charge is -2.23. The van der Waals surface area contributed by atoms with E-state index in [1.807, 2.05) is 18.2 Å². The fraction of sp³-hybridized carbons (Fsp3) is 0.417. The molecule has 4 unspecified atom stereocenters. The second-order valence-electron chi connectivity index (χ2n) is 8.73. The van der Waals surface area contributed by atoms with Crippen LogP contribution < -0.4 is 21.7 Å². The number of carboxylic acids is 3. The van der Waals surface area contributed by atoms with Gasteiger partial charge in [0.05, 0.1) is 6.04 Å². The van der Waals surface area contributed by atoms with E-state index in [2.05, 4.69) is 20.9 Å². The van der Waals surface area contributed by atoms with Crippen molar-refractivity contribution in [2.24, 2.45) is 5.73 Å². The zero-order valence-corrected chi connectivity index (χ0v) is 20.6. The van der Waals surface area contributed by atoms with Crippen molar-refractivity contribution in [3.63, 3.8) is 0 Å². The number of aromatic nitrogens is 1.